The number of carbonyl (C=O) groups excluding carboxylic acids is 2. The van der Waals surface area contributed by atoms with Crippen molar-refractivity contribution in [1.82, 2.24) is 0 Å². The van der Waals surface area contributed by atoms with Crippen molar-refractivity contribution in [2.45, 2.75) is 73.1 Å². The lowest BCUT2D eigenvalue weighted by molar-refractivity contribution is -0.156. The molecule has 0 aromatic heterocycles. The van der Waals surface area contributed by atoms with Gasteiger partial charge in [-0.05, 0) is 47.5 Å². The second-order valence-corrected chi connectivity index (χ2v) is 9.10. The number of carbonyl (C=O) groups is 2. The molecule has 1 spiro atoms. The van der Waals surface area contributed by atoms with E-state index >= 15 is 0 Å². The van der Waals surface area contributed by atoms with Crippen molar-refractivity contribution in [3.8, 4) is 0 Å². The SMILES string of the molecule is CC(C)C1=C[C@]2(CC1=O)C(=O)CC[C@@H]1C(C)(C)CCC[C@@]12C. The minimum atomic E-state index is -0.510. The highest BCUT2D eigenvalue weighted by atomic mass is 16.1. The average molecular weight is 302 g/mol. The quantitative estimate of drug-likeness (QED) is 0.702. The van der Waals surface area contributed by atoms with E-state index in [-0.39, 0.29) is 22.5 Å². The number of ketones is 2. The first-order chi connectivity index (χ1) is 10.1. The Morgan fingerprint density at radius 3 is 2.41 bits per heavy atom. The summed E-state index contributed by atoms with van der Waals surface area (Å²) in [4.78, 5) is 25.6. The minimum absolute atomic E-state index is 0.0453. The smallest absolute Gasteiger partial charge is 0.160 e. The number of hydrogen-bond donors (Lipinski definition) is 0. The van der Waals surface area contributed by atoms with E-state index in [0.29, 0.717) is 24.5 Å². The number of rotatable bonds is 1. The van der Waals surface area contributed by atoms with Gasteiger partial charge in [0.15, 0.2) is 5.78 Å². The zero-order chi connectivity index (χ0) is 16.3. The van der Waals surface area contributed by atoms with Gasteiger partial charge in [-0.3, -0.25) is 9.59 Å². The van der Waals surface area contributed by atoms with E-state index in [9.17, 15) is 9.59 Å². The van der Waals surface area contributed by atoms with E-state index in [2.05, 4.69) is 40.7 Å². The van der Waals surface area contributed by atoms with Gasteiger partial charge in [0.2, 0.25) is 0 Å². The third-order valence-electron chi connectivity index (χ3n) is 7.19. The predicted octanol–water partition coefficient (Wildman–Crippen LogP) is 4.72. The summed E-state index contributed by atoms with van der Waals surface area (Å²) in [5.41, 5.74) is 0.623. The van der Waals surface area contributed by atoms with Crippen LogP contribution in [0.5, 0.6) is 0 Å². The van der Waals surface area contributed by atoms with Crippen molar-refractivity contribution in [2.75, 3.05) is 0 Å². The normalized spacial score (nSPS) is 41.0. The summed E-state index contributed by atoms with van der Waals surface area (Å²) in [7, 11) is 0. The average Bonchev–Trinajstić information content (AvgIpc) is 2.75. The molecule has 0 amide bonds. The van der Waals surface area contributed by atoms with E-state index in [1.807, 2.05) is 0 Å². The molecule has 3 rings (SSSR count). The molecule has 0 heterocycles. The second kappa shape index (κ2) is 4.79. The van der Waals surface area contributed by atoms with Gasteiger partial charge in [0, 0.05) is 12.8 Å². The molecule has 3 atom stereocenters. The van der Waals surface area contributed by atoms with Crippen molar-refractivity contribution in [2.24, 2.45) is 28.1 Å². The maximum Gasteiger partial charge on any atom is 0.160 e. The maximum absolute atomic E-state index is 13.0. The predicted molar refractivity (Wildman–Crippen MR) is 88.4 cm³/mol. The highest BCUT2D eigenvalue weighted by Gasteiger charge is 2.64. The van der Waals surface area contributed by atoms with Gasteiger partial charge in [-0.15, -0.1) is 0 Å². The molecule has 0 unspecified atom stereocenters. The Morgan fingerprint density at radius 1 is 1.14 bits per heavy atom. The van der Waals surface area contributed by atoms with Crippen LogP contribution in [-0.4, -0.2) is 11.6 Å². The lowest BCUT2D eigenvalue weighted by Crippen LogP contribution is -2.57. The monoisotopic (exact) mass is 302 g/mol. The molecule has 2 heteroatoms. The van der Waals surface area contributed by atoms with Crippen LogP contribution < -0.4 is 0 Å². The third kappa shape index (κ3) is 1.91. The molecular weight excluding hydrogens is 272 g/mol. The summed E-state index contributed by atoms with van der Waals surface area (Å²) in [6.45, 7) is 11.2. The third-order valence-corrected chi connectivity index (χ3v) is 7.19. The second-order valence-electron chi connectivity index (χ2n) is 9.10. The van der Waals surface area contributed by atoms with Gasteiger partial charge in [0.25, 0.3) is 0 Å². The van der Waals surface area contributed by atoms with Crippen LogP contribution in [0, 0.1) is 28.1 Å². The van der Waals surface area contributed by atoms with Crippen molar-refractivity contribution >= 4 is 11.6 Å². The highest BCUT2D eigenvalue weighted by Crippen LogP contribution is 2.66. The molecule has 22 heavy (non-hydrogen) atoms. The van der Waals surface area contributed by atoms with E-state index in [1.165, 1.54) is 12.8 Å². The van der Waals surface area contributed by atoms with E-state index < -0.39 is 5.41 Å². The molecule has 2 nitrogen and oxygen atoms in total. The molecule has 3 aliphatic rings. The Labute approximate surface area is 134 Å². The number of Topliss-reactive ketones (excluding diaryl/α,β-unsaturated/α-hetero) is 2. The summed E-state index contributed by atoms with van der Waals surface area (Å²) in [5, 5.41) is 0. The molecule has 0 aromatic carbocycles. The fourth-order valence-corrected chi connectivity index (χ4v) is 5.97. The van der Waals surface area contributed by atoms with Crippen LogP contribution in [0.1, 0.15) is 73.1 Å². The van der Waals surface area contributed by atoms with Gasteiger partial charge in [-0.2, -0.15) is 0 Å². The fraction of sp³-hybridized carbons (Fsp3) is 0.800. The Morgan fingerprint density at radius 2 is 1.82 bits per heavy atom. The summed E-state index contributed by atoms with van der Waals surface area (Å²) in [6.07, 6.45) is 7.71. The molecule has 3 aliphatic carbocycles. The molecule has 0 aromatic rings. The molecule has 0 bridgehead atoms. The Hall–Kier alpha value is -0.920. The van der Waals surface area contributed by atoms with Crippen LogP contribution in [0.25, 0.3) is 0 Å². The van der Waals surface area contributed by atoms with Crippen molar-refractivity contribution in [3.05, 3.63) is 11.6 Å². The molecule has 0 N–H and O–H groups in total. The molecule has 2 fully saturated rings. The van der Waals surface area contributed by atoms with Crippen molar-refractivity contribution in [3.63, 3.8) is 0 Å². The van der Waals surface area contributed by atoms with Gasteiger partial charge >= 0.3 is 0 Å². The van der Waals surface area contributed by atoms with Gasteiger partial charge in [-0.1, -0.05) is 47.1 Å². The minimum Gasteiger partial charge on any atom is -0.299 e. The zero-order valence-corrected chi connectivity index (χ0v) is 14.8. The fourth-order valence-electron chi connectivity index (χ4n) is 5.97. The van der Waals surface area contributed by atoms with Crippen LogP contribution in [0.3, 0.4) is 0 Å². The standard InChI is InChI=1S/C20H30O2/c1-13(2)14-11-20(12-15(14)21)17(22)8-7-16-18(3,4)9-6-10-19(16,20)5/h11,13,16H,6-10,12H2,1-5H3/t16-,19+,20+/m1/s1. The number of fused-ring (bicyclic) bond motifs is 2. The highest BCUT2D eigenvalue weighted by molar-refractivity contribution is 6.06. The van der Waals surface area contributed by atoms with E-state index in [0.717, 1.165) is 18.4 Å². The first kappa shape index (κ1) is 16.0. The molecule has 0 radical (unpaired) electrons. The molecule has 0 aliphatic heterocycles. The first-order valence-electron chi connectivity index (χ1n) is 8.93. The van der Waals surface area contributed by atoms with E-state index in [4.69, 9.17) is 0 Å². The molecule has 122 valence electrons. The van der Waals surface area contributed by atoms with Crippen LogP contribution in [0.15, 0.2) is 11.6 Å². The molecular formula is C20H30O2. The molecule has 0 saturated heterocycles. The summed E-state index contributed by atoms with van der Waals surface area (Å²) >= 11 is 0. The van der Waals surface area contributed by atoms with E-state index in [1.54, 1.807) is 0 Å². The van der Waals surface area contributed by atoms with Crippen LogP contribution in [0.2, 0.25) is 0 Å². The lowest BCUT2D eigenvalue weighted by atomic mass is 9.42. The summed E-state index contributed by atoms with van der Waals surface area (Å²) < 4.78 is 0. The summed E-state index contributed by atoms with van der Waals surface area (Å²) in [5.74, 6) is 1.31. The molecule has 2 saturated carbocycles. The van der Waals surface area contributed by atoms with Crippen LogP contribution in [-0.2, 0) is 9.59 Å². The Bertz CT molecular complexity index is 554. The van der Waals surface area contributed by atoms with Gasteiger partial charge < -0.3 is 0 Å². The number of hydrogen-bond acceptors (Lipinski definition) is 2. The zero-order valence-electron chi connectivity index (χ0n) is 14.8. The summed E-state index contributed by atoms with van der Waals surface area (Å²) in [6, 6.07) is 0. The van der Waals surface area contributed by atoms with Gasteiger partial charge in [-0.25, -0.2) is 0 Å². The van der Waals surface area contributed by atoms with Crippen molar-refractivity contribution in [1.29, 1.82) is 0 Å². The lowest BCUT2D eigenvalue weighted by Gasteiger charge is -2.60. The van der Waals surface area contributed by atoms with Gasteiger partial charge in [0.05, 0.1) is 5.41 Å². The number of allylic oxidation sites excluding steroid dienone is 2. The van der Waals surface area contributed by atoms with Crippen LogP contribution in [0.4, 0.5) is 0 Å². The van der Waals surface area contributed by atoms with Gasteiger partial charge in [0.1, 0.15) is 5.78 Å². The topological polar surface area (TPSA) is 34.1 Å². The Balaban J connectivity index is 2.13. The Kier molecular flexibility index (Phi) is 3.47. The van der Waals surface area contributed by atoms with Crippen molar-refractivity contribution < 1.29 is 9.59 Å². The largest absolute Gasteiger partial charge is 0.299 e. The van der Waals surface area contributed by atoms with Crippen LogP contribution >= 0.6 is 0 Å². The first-order valence-corrected chi connectivity index (χ1v) is 8.93. The maximum atomic E-state index is 13.0.